The smallest absolute Gasteiger partial charge is 0.250 e. The Hall–Kier alpha value is -2.14. The molecule has 25 heavy (non-hydrogen) atoms. The maximum Gasteiger partial charge on any atom is 0.250 e. The van der Waals surface area contributed by atoms with Gasteiger partial charge in [0.05, 0.1) is 0 Å². The molecule has 0 amide bonds. The molecule has 1 aromatic carbocycles. The number of aromatic hydroxyl groups is 1. The first-order valence-electron chi connectivity index (χ1n) is 8.95. The topological polar surface area (TPSA) is 45.6 Å². The number of aromatic nitrogens is 1. The van der Waals surface area contributed by atoms with Crippen molar-refractivity contribution in [1.82, 2.24) is 9.88 Å². The van der Waals surface area contributed by atoms with Crippen LogP contribution in [0.25, 0.3) is 0 Å². The SMILES string of the molecule is Oc1ccc(CCN2C[C@H]3CC(Oc4ncccc4F)C[C@H]3C2)cc1. The first kappa shape index (κ1) is 16.3. The monoisotopic (exact) mass is 342 g/mol. The van der Waals surface area contributed by atoms with Crippen molar-refractivity contribution >= 4 is 0 Å². The van der Waals surface area contributed by atoms with Gasteiger partial charge in [-0.2, -0.15) is 0 Å². The molecule has 2 aliphatic rings. The van der Waals surface area contributed by atoms with Crippen molar-refractivity contribution in [2.45, 2.75) is 25.4 Å². The maximum atomic E-state index is 13.7. The number of fused-ring (bicyclic) bond motifs is 1. The van der Waals surface area contributed by atoms with Crippen LogP contribution in [0.5, 0.6) is 11.6 Å². The van der Waals surface area contributed by atoms with E-state index in [1.165, 1.54) is 11.6 Å². The van der Waals surface area contributed by atoms with Crippen LogP contribution in [0.2, 0.25) is 0 Å². The van der Waals surface area contributed by atoms with Crippen LogP contribution in [0, 0.1) is 17.7 Å². The van der Waals surface area contributed by atoms with Gasteiger partial charge in [0.15, 0.2) is 5.82 Å². The van der Waals surface area contributed by atoms with Crippen molar-refractivity contribution < 1.29 is 14.2 Å². The number of halogens is 1. The molecule has 2 heterocycles. The second kappa shape index (κ2) is 7.00. The molecular formula is C20H23FN2O2. The number of ether oxygens (including phenoxy) is 1. The average Bonchev–Trinajstić information content (AvgIpc) is 3.14. The van der Waals surface area contributed by atoms with E-state index >= 15 is 0 Å². The van der Waals surface area contributed by atoms with Crippen LogP contribution in [0.1, 0.15) is 18.4 Å². The van der Waals surface area contributed by atoms with E-state index in [0.717, 1.165) is 38.9 Å². The first-order valence-corrected chi connectivity index (χ1v) is 8.95. The van der Waals surface area contributed by atoms with E-state index in [1.54, 1.807) is 24.4 Å². The average molecular weight is 342 g/mol. The summed E-state index contributed by atoms with van der Waals surface area (Å²) >= 11 is 0. The van der Waals surface area contributed by atoms with Gasteiger partial charge in [0.2, 0.25) is 0 Å². The lowest BCUT2D eigenvalue weighted by atomic mass is 10.0. The number of phenols is 1. The summed E-state index contributed by atoms with van der Waals surface area (Å²) in [4.78, 5) is 6.51. The third-order valence-electron chi connectivity index (χ3n) is 5.44. The maximum absolute atomic E-state index is 13.7. The minimum Gasteiger partial charge on any atom is -0.508 e. The summed E-state index contributed by atoms with van der Waals surface area (Å²) in [5.41, 5.74) is 1.25. The summed E-state index contributed by atoms with van der Waals surface area (Å²) < 4.78 is 19.5. The minimum atomic E-state index is -0.380. The molecule has 4 nitrogen and oxygen atoms in total. The number of rotatable bonds is 5. The van der Waals surface area contributed by atoms with Crippen molar-refractivity contribution in [3.63, 3.8) is 0 Å². The lowest BCUT2D eigenvalue weighted by molar-refractivity contribution is 0.171. The van der Waals surface area contributed by atoms with Gasteiger partial charge in [0, 0.05) is 25.8 Å². The highest BCUT2D eigenvalue weighted by molar-refractivity contribution is 5.26. The molecule has 1 saturated carbocycles. The fourth-order valence-corrected chi connectivity index (χ4v) is 4.19. The second-order valence-corrected chi connectivity index (χ2v) is 7.20. The molecular weight excluding hydrogens is 319 g/mol. The molecule has 0 spiro atoms. The summed E-state index contributed by atoms with van der Waals surface area (Å²) in [5, 5.41) is 9.34. The Kier molecular flexibility index (Phi) is 4.57. The summed E-state index contributed by atoms with van der Waals surface area (Å²) in [6.07, 6.45) is 4.61. The van der Waals surface area contributed by atoms with E-state index in [2.05, 4.69) is 9.88 Å². The Morgan fingerprint density at radius 1 is 1.12 bits per heavy atom. The molecule has 1 aliphatic heterocycles. The minimum absolute atomic E-state index is 0.0821. The van der Waals surface area contributed by atoms with Gasteiger partial charge in [-0.1, -0.05) is 12.1 Å². The van der Waals surface area contributed by atoms with Crippen molar-refractivity contribution in [2.75, 3.05) is 19.6 Å². The summed E-state index contributed by atoms with van der Waals surface area (Å²) in [5.74, 6) is 1.34. The zero-order valence-corrected chi connectivity index (χ0v) is 14.1. The van der Waals surface area contributed by atoms with Gasteiger partial charge in [0.25, 0.3) is 5.88 Å². The number of phenolic OH excluding ortho intramolecular Hbond substituents is 1. The largest absolute Gasteiger partial charge is 0.508 e. The van der Waals surface area contributed by atoms with E-state index in [0.29, 0.717) is 17.6 Å². The summed E-state index contributed by atoms with van der Waals surface area (Å²) in [6.45, 7) is 3.22. The summed E-state index contributed by atoms with van der Waals surface area (Å²) in [7, 11) is 0. The molecule has 1 N–H and O–H groups in total. The van der Waals surface area contributed by atoms with Crippen molar-refractivity contribution in [3.05, 3.63) is 54.0 Å². The van der Waals surface area contributed by atoms with Gasteiger partial charge in [0.1, 0.15) is 11.9 Å². The molecule has 0 radical (unpaired) electrons. The second-order valence-electron chi connectivity index (χ2n) is 7.20. The van der Waals surface area contributed by atoms with Gasteiger partial charge in [-0.3, -0.25) is 0 Å². The van der Waals surface area contributed by atoms with Gasteiger partial charge in [-0.05, 0) is 60.9 Å². The van der Waals surface area contributed by atoms with Crippen LogP contribution in [0.3, 0.4) is 0 Å². The molecule has 2 fully saturated rings. The standard InChI is InChI=1S/C20H23FN2O2/c21-19-2-1-8-22-20(19)25-18-10-15-12-23(13-16(15)11-18)9-7-14-3-5-17(24)6-4-14/h1-6,8,15-16,18,24H,7,9-13H2/t15-,16+,18?. The van der Waals surface area contributed by atoms with E-state index in [-0.39, 0.29) is 17.8 Å². The lowest BCUT2D eigenvalue weighted by Gasteiger charge is -2.19. The quantitative estimate of drug-likeness (QED) is 0.906. The molecule has 1 aliphatic carbocycles. The third kappa shape index (κ3) is 3.76. The van der Waals surface area contributed by atoms with E-state index in [1.807, 2.05) is 12.1 Å². The number of benzene rings is 1. The predicted molar refractivity (Wildman–Crippen MR) is 93.1 cm³/mol. The van der Waals surface area contributed by atoms with Gasteiger partial charge in [-0.15, -0.1) is 0 Å². The van der Waals surface area contributed by atoms with Crippen LogP contribution in [-0.2, 0) is 6.42 Å². The third-order valence-corrected chi connectivity index (χ3v) is 5.44. The fourth-order valence-electron chi connectivity index (χ4n) is 4.19. The molecule has 1 unspecified atom stereocenters. The zero-order valence-electron chi connectivity index (χ0n) is 14.1. The highest BCUT2D eigenvalue weighted by Gasteiger charge is 2.41. The zero-order chi connectivity index (χ0) is 17.2. The van der Waals surface area contributed by atoms with Crippen molar-refractivity contribution in [3.8, 4) is 11.6 Å². The number of hydrogen-bond donors (Lipinski definition) is 1. The van der Waals surface area contributed by atoms with E-state index in [9.17, 15) is 9.50 Å². The van der Waals surface area contributed by atoms with Crippen LogP contribution in [0.15, 0.2) is 42.6 Å². The van der Waals surface area contributed by atoms with Crippen molar-refractivity contribution in [1.29, 1.82) is 0 Å². The molecule has 0 bridgehead atoms. The molecule has 1 saturated heterocycles. The Balaban J connectivity index is 1.26. The number of pyridine rings is 1. The Morgan fingerprint density at radius 2 is 1.84 bits per heavy atom. The van der Waals surface area contributed by atoms with Crippen LogP contribution < -0.4 is 4.74 Å². The van der Waals surface area contributed by atoms with Crippen molar-refractivity contribution in [2.24, 2.45) is 11.8 Å². The van der Waals surface area contributed by atoms with Gasteiger partial charge >= 0.3 is 0 Å². The molecule has 2 aromatic rings. The molecule has 132 valence electrons. The van der Waals surface area contributed by atoms with Crippen LogP contribution >= 0.6 is 0 Å². The summed E-state index contributed by atoms with van der Waals surface area (Å²) in [6, 6.07) is 10.4. The normalized spacial score (nSPS) is 25.9. The van der Waals surface area contributed by atoms with E-state index in [4.69, 9.17) is 4.74 Å². The van der Waals surface area contributed by atoms with Gasteiger partial charge < -0.3 is 14.7 Å². The Bertz CT molecular complexity index is 708. The molecule has 4 rings (SSSR count). The Labute approximate surface area is 147 Å². The number of hydrogen-bond acceptors (Lipinski definition) is 4. The number of likely N-dealkylation sites (tertiary alicyclic amines) is 1. The van der Waals surface area contributed by atoms with E-state index < -0.39 is 0 Å². The van der Waals surface area contributed by atoms with Crippen LogP contribution in [-0.4, -0.2) is 40.7 Å². The Morgan fingerprint density at radius 3 is 2.52 bits per heavy atom. The van der Waals surface area contributed by atoms with Gasteiger partial charge in [-0.25, -0.2) is 9.37 Å². The molecule has 3 atom stereocenters. The lowest BCUT2D eigenvalue weighted by Crippen LogP contribution is -2.26. The fraction of sp³-hybridized carbons (Fsp3) is 0.450. The highest BCUT2D eigenvalue weighted by Crippen LogP contribution is 2.39. The predicted octanol–water partition coefficient (Wildman–Crippen LogP) is 3.26. The molecule has 5 heteroatoms. The van der Waals surface area contributed by atoms with Crippen LogP contribution in [0.4, 0.5) is 4.39 Å². The molecule has 1 aromatic heterocycles. The number of nitrogens with zero attached hydrogens (tertiary/aromatic N) is 2. The highest BCUT2D eigenvalue weighted by atomic mass is 19.1. The first-order chi connectivity index (χ1) is 12.2.